The van der Waals surface area contributed by atoms with Crippen LogP contribution in [-0.2, 0) is 4.74 Å². The first-order valence-electron chi connectivity index (χ1n) is 6.67. The highest BCUT2D eigenvalue weighted by atomic mass is 79.9. The summed E-state index contributed by atoms with van der Waals surface area (Å²) in [6, 6.07) is 4.52. The van der Waals surface area contributed by atoms with Crippen LogP contribution in [0.5, 0.6) is 0 Å². The second-order valence-electron chi connectivity index (χ2n) is 4.61. The Morgan fingerprint density at radius 2 is 2.05 bits per heavy atom. The van der Waals surface area contributed by atoms with Gasteiger partial charge >= 0.3 is 6.18 Å². The molecule has 1 aromatic carbocycles. The molecule has 0 radical (unpaired) electrons. The Kier molecular flexibility index (Phi) is 7.62. The van der Waals surface area contributed by atoms with Gasteiger partial charge in [-0.3, -0.25) is 0 Å². The Hall–Kier alpha value is -0.660. The molecule has 0 aliphatic heterocycles. The molecule has 0 saturated carbocycles. The molecule has 1 N–H and O–H groups in total. The molecule has 2 nitrogen and oxygen atoms in total. The lowest BCUT2D eigenvalue weighted by Crippen LogP contribution is -2.25. The number of hydrogen-bond acceptors (Lipinski definition) is 2. The first-order chi connectivity index (χ1) is 9.85. The van der Waals surface area contributed by atoms with Crippen LogP contribution in [0.25, 0.3) is 0 Å². The van der Waals surface area contributed by atoms with Gasteiger partial charge < -0.3 is 10.1 Å². The molecular weight excluding hydrogens is 354 g/mol. The smallest absolute Gasteiger partial charge is 0.372 e. The lowest BCUT2D eigenvalue weighted by atomic mass is 10.0. The second kappa shape index (κ2) is 8.70. The van der Waals surface area contributed by atoms with Gasteiger partial charge in [0.15, 0.2) is 0 Å². The van der Waals surface area contributed by atoms with E-state index in [2.05, 4.69) is 26.0 Å². The van der Waals surface area contributed by atoms with Crippen LogP contribution in [0.4, 0.5) is 17.6 Å². The molecule has 0 bridgehead atoms. The summed E-state index contributed by atoms with van der Waals surface area (Å²) in [4.78, 5) is 0. The predicted molar refractivity (Wildman–Crippen MR) is 76.6 cm³/mol. The maximum absolute atomic E-state index is 14.1. The molecule has 1 aromatic rings. The van der Waals surface area contributed by atoms with Gasteiger partial charge in [0.05, 0.1) is 4.47 Å². The van der Waals surface area contributed by atoms with Gasteiger partial charge in [-0.2, -0.15) is 13.2 Å². The highest BCUT2D eigenvalue weighted by molar-refractivity contribution is 9.10. The van der Waals surface area contributed by atoms with E-state index in [1.54, 1.807) is 18.2 Å². The number of nitrogens with one attached hydrogen (secondary N) is 1. The van der Waals surface area contributed by atoms with Crippen LogP contribution >= 0.6 is 15.9 Å². The van der Waals surface area contributed by atoms with Gasteiger partial charge in [0.25, 0.3) is 0 Å². The van der Waals surface area contributed by atoms with Crippen LogP contribution in [0.3, 0.4) is 0 Å². The summed E-state index contributed by atoms with van der Waals surface area (Å²) in [5.74, 6) is -0.401. The van der Waals surface area contributed by atoms with Gasteiger partial charge in [0.1, 0.15) is 12.4 Å². The molecule has 0 aromatic heterocycles. The molecular formula is C14H18BrF4NO. The van der Waals surface area contributed by atoms with E-state index in [0.717, 1.165) is 6.42 Å². The molecule has 1 atom stereocenters. The van der Waals surface area contributed by atoms with Crippen LogP contribution in [0.1, 0.15) is 31.4 Å². The standard InChI is InChI=1S/C14H18BrF4NO/c1-2-7-20-12(6-8-21-9-14(17,18)19)10-4-3-5-11(15)13(10)16/h3-5,12,20H,2,6-9H2,1H3. The molecule has 1 unspecified atom stereocenters. The van der Waals surface area contributed by atoms with Crippen molar-refractivity contribution in [1.82, 2.24) is 5.32 Å². The number of ether oxygens (including phenoxy) is 1. The average Bonchev–Trinajstić information content (AvgIpc) is 2.40. The molecule has 0 aliphatic rings. The lowest BCUT2D eigenvalue weighted by molar-refractivity contribution is -0.174. The molecule has 0 heterocycles. The van der Waals surface area contributed by atoms with E-state index < -0.39 is 18.6 Å². The largest absolute Gasteiger partial charge is 0.411 e. The average molecular weight is 372 g/mol. The summed E-state index contributed by atoms with van der Waals surface area (Å²) in [7, 11) is 0. The van der Waals surface area contributed by atoms with Gasteiger partial charge in [-0.15, -0.1) is 0 Å². The van der Waals surface area contributed by atoms with Crippen molar-refractivity contribution in [1.29, 1.82) is 0 Å². The van der Waals surface area contributed by atoms with Crippen molar-refractivity contribution in [2.45, 2.75) is 32.0 Å². The summed E-state index contributed by atoms with van der Waals surface area (Å²) >= 11 is 3.11. The third-order valence-corrected chi connectivity index (χ3v) is 3.43. The van der Waals surface area contributed by atoms with Crippen LogP contribution < -0.4 is 5.32 Å². The molecule has 7 heteroatoms. The van der Waals surface area contributed by atoms with Crippen molar-refractivity contribution in [2.24, 2.45) is 0 Å². The summed E-state index contributed by atoms with van der Waals surface area (Å²) < 4.78 is 55.1. The molecule has 1 rings (SSSR count). The Morgan fingerprint density at radius 1 is 1.33 bits per heavy atom. The fourth-order valence-corrected chi connectivity index (χ4v) is 2.25. The fourth-order valence-electron chi connectivity index (χ4n) is 1.86. The zero-order chi connectivity index (χ0) is 15.9. The van der Waals surface area contributed by atoms with E-state index in [0.29, 0.717) is 16.6 Å². The number of hydrogen-bond donors (Lipinski definition) is 1. The molecule has 0 aliphatic carbocycles. The Balaban J connectivity index is 2.65. The zero-order valence-corrected chi connectivity index (χ0v) is 13.2. The van der Waals surface area contributed by atoms with Crippen LogP contribution in [0.2, 0.25) is 0 Å². The second-order valence-corrected chi connectivity index (χ2v) is 5.46. The Labute approximate surface area is 130 Å². The molecule has 0 spiro atoms. The minimum absolute atomic E-state index is 0.0904. The topological polar surface area (TPSA) is 21.3 Å². The third kappa shape index (κ3) is 6.76. The number of halogens is 5. The highest BCUT2D eigenvalue weighted by Crippen LogP contribution is 2.26. The summed E-state index contributed by atoms with van der Waals surface area (Å²) in [6.07, 6.45) is -3.23. The summed E-state index contributed by atoms with van der Waals surface area (Å²) in [6.45, 7) is 1.23. The highest BCUT2D eigenvalue weighted by Gasteiger charge is 2.27. The summed E-state index contributed by atoms with van der Waals surface area (Å²) in [5, 5.41) is 3.13. The lowest BCUT2D eigenvalue weighted by Gasteiger charge is -2.20. The predicted octanol–water partition coefficient (Wildman–Crippen LogP) is 4.60. The van der Waals surface area contributed by atoms with Crippen LogP contribution in [-0.4, -0.2) is 25.9 Å². The molecule has 120 valence electrons. The van der Waals surface area contributed by atoms with E-state index in [-0.39, 0.29) is 19.1 Å². The third-order valence-electron chi connectivity index (χ3n) is 2.81. The first-order valence-corrected chi connectivity index (χ1v) is 7.46. The SMILES string of the molecule is CCCNC(CCOCC(F)(F)F)c1cccc(Br)c1F. The van der Waals surface area contributed by atoms with E-state index >= 15 is 0 Å². The number of benzene rings is 1. The maximum atomic E-state index is 14.1. The van der Waals surface area contributed by atoms with Gasteiger partial charge in [-0.1, -0.05) is 19.1 Å². The Morgan fingerprint density at radius 3 is 2.67 bits per heavy atom. The number of alkyl halides is 3. The molecule has 0 fully saturated rings. The van der Waals surface area contributed by atoms with Crippen molar-refractivity contribution in [3.8, 4) is 0 Å². The van der Waals surface area contributed by atoms with Crippen molar-refractivity contribution < 1.29 is 22.3 Å². The van der Waals surface area contributed by atoms with E-state index in [1.165, 1.54) is 0 Å². The minimum Gasteiger partial charge on any atom is -0.372 e. The van der Waals surface area contributed by atoms with Crippen molar-refractivity contribution >= 4 is 15.9 Å². The maximum Gasteiger partial charge on any atom is 0.411 e. The Bertz CT molecular complexity index is 439. The van der Waals surface area contributed by atoms with E-state index in [4.69, 9.17) is 0 Å². The normalized spacial score (nSPS) is 13.4. The van der Waals surface area contributed by atoms with Crippen LogP contribution in [0, 0.1) is 5.82 Å². The van der Waals surface area contributed by atoms with Gasteiger partial charge in [-0.25, -0.2) is 4.39 Å². The number of rotatable bonds is 8. The summed E-state index contributed by atoms with van der Waals surface area (Å²) in [5.41, 5.74) is 0.424. The fraction of sp³-hybridized carbons (Fsp3) is 0.571. The van der Waals surface area contributed by atoms with Gasteiger partial charge in [0.2, 0.25) is 0 Å². The molecule has 0 amide bonds. The van der Waals surface area contributed by atoms with E-state index in [9.17, 15) is 17.6 Å². The van der Waals surface area contributed by atoms with Crippen molar-refractivity contribution in [2.75, 3.05) is 19.8 Å². The molecule has 21 heavy (non-hydrogen) atoms. The first kappa shape index (κ1) is 18.4. The monoisotopic (exact) mass is 371 g/mol. The van der Waals surface area contributed by atoms with Gasteiger partial charge in [-0.05, 0) is 41.4 Å². The van der Waals surface area contributed by atoms with Crippen LogP contribution in [0.15, 0.2) is 22.7 Å². The van der Waals surface area contributed by atoms with Crippen molar-refractivity contribution in [3.63, 3.8) is 0 Å². The quantitative estimate of drug-likeness (QED) is 0.532. The van der Waals surface area contributed by atoms with Crippen molar-refractivity contribution in [3.05, 3.63) is 34.1 Å². The zero-order valence-electron chi connectivity index (χ0n) is 11.6. The minimum atomic E-state index is -4.34. The van der Waals surface area contributed by atoms with E-state index in [1.807, 2.05) is 6.92 Å². The van der Waals surface area contributed by atoms with Gasteiger partial charge in [0, 0.05) is 18.2 Å². The molecule has 0 saturated heterocycles.